The number of carbonyl (C=O) groups is 1. The third kappa shape index (κ3) is 3.87. The second-order valence-corrected chi connectivity index (χ2v) is 7.43. The number of hydrogen-bond donors (Lipinski definition) is 1. The number of aryl methyl sites for hydroxylation is 2. The molecule has 7 nitrogen and oxygen atoms in total. The second-order valence-electron chi connectivity index (χ2n) is 7.43. The van der Waals surface area contributed by atoms with Crippen LogP contribution in [-0.4, -0.2) is 46.7 Å². The SMILES string of the molecule is CCc1ccc(NC(=O)N2CCN(c3nc4ccccc4n(CC)c3=O)CC2)cc1. The Morgan fingerprint density at radius 2 is 1.70 bits per heavy atom. The molecule has 0 aliphatic carbocycles. The average Bonchev–Trinajstić information content (AvgIpc) is 2.79. The Morgan fingerprint density at radius 3 is 2.37 bits per heavy atom. The van der Waals surface area contributed by atoms with E-state index < -0.39 is 0 Å². The van der Waals surface area contributed by atoms with Crippen molar-refractivity contribution in [3.63, 3.8) is 0 Å². The highest BCUT2D eigenvalue weighted by molar-refractivity contribution is 5.89. The van der Waals surface area contributed by atoms with Gasteiger partial charge >= 0.3 is 6.03 Å². The smallest absolute Gasteiger partial charge is 0.321 e. The number of para-hydroxylation sites is 2. The van der Waals surface area contributed by atoms with Gasteiger partial charge in [0.05, 0.1) is 11.0 Å². The van der Waals surface area contributed by atoms with Gasteiger partial charge in [-0.3, -0.25) is 4.79 Å². The van der Waals surface area contributed by atoms with Crippen molar-refractivity contribution in [3.05, 3.63) is 64.4 Å². The number of urea groups is 1. The molecule has 156 valence electrons. The van der Waals surface area contributed by atoms with E-state index in [0.717, 1.165) is 23.1 Å². The molecular weight excluding hydrogens is 378 g/mol. The molecule has 1 aliphatic rings. The number of amides is 2. The van der Waals surface area contributed by atoms with Gasteiger partial charge in [-0.15, -0.1) is 0 Å². The zero-order chi connectivity index (χ0) is 21.1. The third-order valence-corrected chi connectivity index (χ3v) is 5.63. The van der Waals surface area contributed by atoms with E-state index in [9.17, 15) is 9.59 Å². The van der Waals surface area contributed by atoms with Crippen molar-refractivity contribution in [1.82, 2.24) is 14.5 Å². The highest BCUT2D eigenvalue weighted by atomic mass is 16.2. The van der Waals surface area contributed by atoms with Gasteiger partial charge in [-0.05, 0) is 43.2 Å². The standard InChI is InChI=1S/C23H27N5O2/c1-3-17-9-11-18(12-10-17)24-23(30)27-15-13-26(14-16-27)21-22(29)28(4-2)20-8-6-5-7-19(20)25-21/h5-12H,3-4,13-16H2,1-2H3,(H,24,30). The second kappa shape index (κ2) is 8.57. The van der Waals surface area contributed by atoms with Gasteiger partial charge in [0.1, 0.15) is 0 Å². The highest BCUT2D eigenvalue weighted by Gasteiger charge is 2.24. The summed E-state index contributed by atoms with van der Waals surface area (Å²) < 4.78 is 1.76. The highest BCUT2D eigenvalue weighted by Crippen LogP contribution is 2.17. The minimum atomic E-state index is -0.115. The molecule has 4 rings (SSSR count). The van der Waals surface area contributed by atoms with E-state index in [2.05, 4.69) is 17.2 Å². The number of hydrogen-bond acceptors (Lipinski definition) is 4. The summed E-state index contributed by atoms with van der Waals surface area (Å²) in [5.41, 5.74) is 3.61. The number of anilines is 2. The first-order valence-electron chi connectivity index (χ1n) is 10.5. The first kappa shape index (κ1) is 19.9. The number of aromatic nitrogens is 2. The lowest BCUT2D eigenvalue weighted by Crippen LogP contribution is -2.51. The summed E-state index contributed by atoms with van der Waals surface area (Å²) in [6, 6.07) is 15.5. The number of nitrogens with zero attached hydrogens (tertiary/aromatic N) is 4. The molecule has 1 N–H and O–H groups in total. The first-order chi connectivity index (χ1) is 14.6. The number of nitrogens with one attached hydrogen (secondary N) is 1. The third-order valence-electron chi connectivity index (χ3n) is 5.63. The molecule has 3 aromatic rings. The summed E-state index contributed by atoms with van der Waals surface area (Å²) in [7, 11) is 0. The fraction of sp³-hybridized carbons (Fsp3) is 0.348. The summed E-state index contributed by atoms with van der Waals surface area (Å²) in [5.74, 6) is 0.464. The van der Waals surface area contributed by atoms with Crippen LogP contribution in [0.3, 0.4) is 0 Å². The number of fused-ring (bicyclic) bond motifs is 1. The average molecular weight is 406 g/mol. The van der Waals surface area contributed by atoms with Crippen molar-refractivity contribution in [1.29, 1.82) is 0 Å². The maximum absolute atomic E-state index is 13.0. The Morgan fingerprint density at radius 1 is 1.00 bits per heavy atom. The monoisotopic (exact) mass is 405 g/mol. The van der Waals surface area contributed by atoms with Crippen molar-refractivity contribution >= 4 is 28.6 Å². The van der Waals surface area contributed by atoms with E-state index >= 15 is 0 Å². The molecular formula is C23H27N5O2. The van der Waals surface area contributed by atoms with Gasteiger partial charge in [-0.25, -0.2) is 9.78 Å². The summed E-state index contributed by atoms with van der Waals surface area (Å²) >= 11 is 0. The Labute approximate surface area is 175 Å². The van der Waals surface area contributed by atoms with Gasteiger partial charge in [-0.1, -0.05) is 31.2 Å². The lowest BCUT2D eigenvalue weighted by Gasteiger charge is -2.35. The molecule has 1 aliphatic heterocycles. The molecule has 1 fully saturated rings. The van der Waals surface area contributed by atoms with Crippen LogP contribution >= 0.6 is 0 Å². The summed E-state index contributed by atoms with van der Waals surface area (Å²) in [6.07, 6.45) is 0.971. The Balaban J connectivity index is 1.46. The van der Waals surface area contributed by atoms with Crippen LogP contribution in [0.4, 0.5) is 16.3 Å². The number of rotatable bonds is 4. The minimum Gasteiger partial charge on any atom is -0.348 e. The van der Waals surface area contributed by atoms with Gasteiger partial charge < -0.3 is 19.7 Å². The zero-order valence-electron chi connectivity index (χ0n) is 17.5. The normalized spacial score (nSPS) is 14.2. The summed E-state index contributed by atoms with van der Waals surface area (Å²) in [6.45, 7) is 6.89. The van der Waals surface area contributed by atoms with E-state index in [4.69, 9.17) is 0 Å². The maximum Gasteiger partial charge on any atom is 0.321 e. The Bertz CT molecular complexity index is 1100. The van der Waals surface area contributed by atoms with Crippen molar-refractivity contribution in [2.75, 3.05) is 36.4 Å². The molecule has 2 amide bonds. The van der Waals surface area contributed by atoms with Crippen LogP contribution in [0.2, 0.25) is 0 Å². The molecule has 2 heterocycles. The predicted molar refractivity (Wildman–Crippen MR) is 120 cm³/mol. The van der Waals surface area contributed by atoms with Crippen LogP contribution in [0.25, 0.3) is 11.0 Å². The lowest BCUT2D eigenvalue weighted by molar-refractivity contribution is 0.208. The van der Waals surface area contributed by atoms with E-state index in [1.54, 1.807) is 9.47 Å². The molecule has 7 heteroatoms. The fourth-order valence-corrected chi connectivity index (χ4v) is 3.85. The molecule has 0 atom stereocenters. The topological polar surface area (TPSA) is 70.5 Å². The molecule has 0 spiro atoms. The summed E-state index contributed by atoms with van der Waals surface area (Å²) in [5, 5.41) is 2.96. The number of piperazine rings is 1. The molecule has 0 bridgehead atoms. The van der Waals surface area contributed by atoms with Gasteiger partial charge in [0.15, 0.2) is 5.82 Å². The molecule has 1 aromatic heterocycles. The molecule has 0 unspecified atom stereocenters. The van der Waals surface area contributed by atoms with Gasteiger partial charge in [0, 0.05) is 38.4 Å². The molecule has 0 saturated carbocycles. The Hall–Kier alpha value is -3.35. The number of benzene rings is 2. The molecule has 1 saturated heterocycles. The van der Waals surface area contributed by atoms with Crippen molar-refractivity contribution in [3.8, 4) is 0 Å². The lowest BCUT2D eigenvalue weighted by atomic mass is 10.1. The fourth-order valence-electron chi connectivity index (χ4n) is 3.85. The van der Waals surface area contributed by atoms with Crippen LogP contribution in [0.5, 0.6) is 0 Å². The van der Waals surface area contributed by atoms with E-state index in [-0.39, 0.29) is 11.6 Å². The van der Waals surface area contributed by atoms with Crippen molar-refractivity contribution in [2.45, 2.75) is 26.8 Å². The van der Waals surface area contributed by atoms with Gasteiger partial charge in [-0.2, -0.15) is 0 Å². The largest absolute Gasteiger partial charge is 0.348 e. The number of carbonyl (C=O) groups excluding carboxylic acids is 1. The van der Waals surface area contributed by atoms with Crippen molar-refractivity contribution < 1.29 is 4.79 Å². The first-order valence-corrected chi connectivity index (χ1v) is 10.5. The van der Waals surface area contributed by atoms with Gasteiger partial charge in [0.2, 0.25) is 0 Å². The predicted octanol–water partition coefficient (Wildman–Crippen LogP) is 3.33. The van der Waals surface area contributed by atoms with Crippen LogP contribution in [0.1, 0.15) is 19.4 Å². The Kier molecular flexibility index (Phi) is 5.70. The van der Waals surface area contributed by atoms with Crippen LogP contribution in [0, 0.1) is 0 Å². The van der Waals surface area contributed by atoms with E-state index in [1.165, 1.54) is 5.56 Å². The minimum absolute atomic E-state index is 0.0786. The molecule has 2 aromatic carbocycles. The summed E-state index contributed by atoms with van der Waals surface area (Å²) in [4.78, 5) is 34.0. The van der Waals surface area contributed by atoms with Gasteiger partial charge in [0.25, 0.3) is 5.56 Å². The van der Waals surface area contributed by atoms with Crippen LogP contribution in [-0.2, 0) is 13.0 Å². The molecule has 0 radical (unpaired) electrons. The van der Waals surface area contributed by atoms with E-state index in [0.29, 0.717) is 38.5 Å². The van der Waals surface area contributed by atoms with E-state index in [1.807, 2.05) is 60.4 Å². The maximum atomic E-state index is 13.0. The van der Waals surface area contributed by atoms with Crippen molar-refractivity contribution in [2.24, 2.45) is 0 Å². The van der Waals surface area contributed by atoms with Crippen LogP contribution < -0.4 is 15.8 Å². The quantitative estimate of drug-likeness (QED) is 0.723. The van der Waals surface area contributed by atoms with Crippen LogP contribution in [0.15, 0.2) is 53.3 Å². The zero-order valence-corrected chi connectivity index (χ0v) is 17.5. The molecule has 30 heavy (non-hydrogen) atoms.